The molecule has 3 aromatic rings. The molecule has 0 aliphatic heterocycles. The van der Waals surface area contributed by atoms with Gasteiger partial charge in [-0.15, -0.1) is 0 Å². The predicted octanol–water partition coefficient (Wildman–Crippen LogP) is 5.53. The first-order chi connectivity index (χ1) is 20.8. The molecular weight excluding hydrogens is 571 g/mol. The molecule has 0 heterocycles. The summed E-state index contributed by atoms with van der Waals surface area (Å²) in [7, 11) is 0. The Morgan fingerprint density at radius 2 is 1.09 bits per heavy atom. The Balaban J connectivity index is 1.17. The first-order valence-electron chi connectivity index (χ1n) is 13.6. The van der Waals surface area contributed by atoms with Crippen LogP contribution < -0.4 is 5.32 Å². The molecule has 0 aliphatic rings. The van der Waals surface area contributed by atoms with Gasteiger partial charge in [0.2, 0.25) is 0 Å². The molecule has 0 aliphatic carbocycles. The van der Waals surface area contributed by atoms with Gasteiger partial charge >= 0.3 is 18.1 Å². The molecule has 0 saturated carbocycles. The molecule has 0 bridgehead atoms. The molecule has 12 heteroatoms. The van der Waals surface area contributed by atoms with Crippen molar-refractivity contribution in [3.8, 4) is 0 Å². The van der Waals surface area contributed by atoms with Crippen molar-refractivity contribution in [2.75, 3.05) is 71.4 Å². The van der Waals surface area contributed by atoms with E-state index >= 15 is 0 Å². The van der Waals surface area contributed by atoms with Crippen molar-refractivity contribution in [1.29, 1.82) is 0 Å². The van der Waals surface area contributed by atoms with Gasteiger partial charge in [0.25, 0.3) is 0 Å². The van der Waals surface area contributed by atoms with Crippen LogP contribution >= 0.6 is 0 Å². The Bertz CT molecular complexity index is 1260. The van der Waals surface area contributed by atoms with Crippen molar-refractivity contribution in [1.82, 2.24) is 0 Å². The third-order valence-corrected chi connectivity index (χ3v) is 5.66. The molecule has 9 nitrogen and oxygen atoms in total. The fraction of sp³-hybridized carbons (Fsp3) is 0.355. The lowest BCUT2D eigenvalue weighted by molar-refractivity contribution is -0.137. The van der Waals surface area contributed by atoms with Crippen molar-refractivity contribution in [2.45, 2.75) is 6.18 Å². The molecular formula is C31H34F3NO8. The number of halogens is 3. The summed E-state index contributed by atoms with van der Waals surface area (Å²) in [6.45, 7) is 2.64. The summed E-state index contributed by atoms with van der Waals surface area (Å²) in [5.74, 6) is -1.03. The number of carbonyl (C=O) groups excluding carboxylic acids is 2. The maximum Gasteiger partial charge on any atom is 0.416 e. The number of esters is 2. The number of hydrogen-bond acceptors (Lipinski definition) is 9. The van der Waals surface area contributed by atoms with Gasteiger partial charge < -0.3 is 33.7 Å². The van der Waals surface area contributed by atoms with Crippen LogP contribution in [-0.4, -0.2) is 78.0 Å². The number of anilines is 2. The molecule has 0 unspecified atom stereocenters. The smallest absolute Gasteiger partial charge is 0.416 e. The van der Waals surface area contributed by atoms with Gasteiger partial charge in [-0.25, -0.2) is 9.59 Å². The Labute approximate surface area is 247 Å². The maximum atomic E-state index is 13.0. The lowest BCUT2D eigenvalue weighted by Crippen LogP contribution is -2.15. The lowest BCUT2D eigenvalue weighted by Gasteiger charge is -2.13. The number of para-hydroxylation sites is 1. The van der Waals surface area contributed by atoms with Crippen LogP contribution in [0.5, 0.6) is 0 Å². The van der Waals surface area contributed by atoms with E-state index in [1.165, 1.54) is 18.2 Å². The molecule has 232 valence electrons. The third-order valence-electron chi connectivity index (χ3n) is 5.66. The van der Waals surface area contributed by atoms with Crippen LogP contribution in [0.15, 0.2) is 78.9 Å². The number of rotatable bonds is 19. The monoisotopic (exact) mass is 605 g/mol. The highest BCUT2D eigenvalue weighted by molar-refractivity contribution is 5.96. The minimum Gasteiger partial charge on any atom is -0.460 e. The SMILES string of the molecule is O=C(OCCOCCOCCOCCOCCOC(=O)c1ccccc1Nc1cccc(C(F)(F)F)c1)c1ccccc1. The average molecular weight is 606 g/mol. The zero-order chi connectivity index (χ0) is 30.8. The summed E-state index contributed by atoms with van der Waals surface area (Å²) in [5.41, 5.74) is 0.385. The average Bonchev–Trinajstić information content (AvgIpc) is 3.01. The molecule has 0 amide bonds. The molecule has 43 heavy (non-hydrogen) atoms. The van der Waals surface area contributed by atoms with Crippen molar-refractivity contribution in [3.05, 3.63) is 95.6 Å². The number of nitrogens with one attached hydrogen (secondary N) is 1. The van der Waals surface area contributed by atoms with Crippen molar-refractivity contribution in [2.24, 2.45) is 0 Å². The number of carbonyl (C=O) groups is 2. The van der Waals surface area contributed by atoms with Gasteiger partial charge in [0, 0.05) is 5.69 Å². The van der Waals surface area contributed by atoms with Crippen molar-refractivity contribution < 1.29 is 51.2 Å². The Kier molecular flexibility index (Phi) is 14.5. The number of hydrogen-bond donors (Lipinski definition) is 1. The van der Waals surface area contributed by atoms with Gasteiger partial charge in [0.1, 0.15) is 13.2 Å². The van der Waals surface area contributed by atoms with E-state index < -0.39 is 23.7 Å². The first-order valence-corrected chi connectivity index (χ1v) is 13.6. The zero-order valence-corrected chi connectivity index (χ0v) is 23.5. The van der Waals surface area contributed by atoms with Crippen LogP contribution in [0.1, 0.15) is 26.3 Å². The second kappa shape index (κ2) is 18.5. The number of ether oxygens (including phenoxy) is 6. The first kappa shape index (κ1) is 33.5. The van der Waals surface area contributed by atoms with E-state index in [4.69, 9.17) is 28.4 Å². The highest BCUT2D eigenvalue weighted by atomic mass is 19.4. The quantitative estimate of drug-likeness (QED) is 0.140. The topological polar surface area (TPSA) is 102 Å². The number of alkyl halides is 3. The van der Waals surface area contributed by atoms with Crippen molar-refractivity contribution >= 4 is 23.3 Å². The van der Waals surface area contributed by atoms with Crippen LogP contribution in [0.25, 0.3) is 0 Å². The molecule has 1 N–H and O–H groups in total. The van der Waals surface area contributed by atoms with Crippen molar-refractivity contribution in [3.63, 3.8) is 0 Å². The van der Waals surface area contributed by atoms with E-state index in [2.05, 4.69) is 5.32 Å². The van der Waals surface area contributed by atoms with Gasteiger partial charge in [0.05, 0.1) is 75.2 Å². The minimum absolute atomic E-state index is 0.00864. The highest BCUT2D eigenvalue weighted by Crippen LogP contribution is 2.32. The summed E-state index contributed by atoms with van der Waals surface area (Å²) in [6, 6.07) is 19.8. The van der Waals surface area contributed by atoms with E-state index in [0.717, 1.165) is 12.1 Å². The van der Waals surface area contributed by atoms with Gasteiger partial charge in [0.15, 0.2) is 0 Å². The molecule has 0 fully saturated rings. The summed E-state index contributed by atoms with van der Waals surface area (Å²) >= 11 is 0. The van der Waals surface area contributed by atoms with Gasteiger partial charge in [-0.3, -0.25) is 0 Å². The Hall–Kier alpha value is -3.97. The van der Waals surface area contributed by atoms with E-state index in [9.17, 15) is 22.8 Å². The second-order valence-corrected chi connectivity index (χ2v) is 8.84. The summed E-state index contributed by atoms with van der Waals surface area (Å²) in [6.07, 6.45) is -4.48. The third kappa shape index (κ3) is 12.8. The fourth-order valence-corrected chi connectivity index (χ4v) is 3.58. The molecule has 3 aromatic carbocycles. The molecule has 0 atom stereocenters. The van der Waals surface area contributed by atoms with Gasteiger partial charge in [-0.1, -0.05) is 36.4 Å². The van der Waals surface area contributed by atoms with Gasteiger partial charge in [-0.2, -0.15) is 13.2 Å². The molecule has 0 radical (unpaired) electrons. The molecule has 0 aromatic heterocycles. The lowest BCUT2D eigenvalue weighted by atomic mass is 10.1. The van der Waals surface area contributed by atoms with Crippen LogP contribution in [0.2, 0.25) is 0 Å². The highest BCUT2D eigenvalue weighted by Gasteiger charge is 2.30. The van der Waals surface area contributed by atoms with Crippen LogP contribution in [0.4, 0.5) is 24.5 Å². The Morgan fingerprint density at radius 1 is 0.581 bits per heavy atom. The van der Waals surface area contributed by atoms with E-state index in [1.54, 1.807) is 42.5 Å². The predicted molar refractivity (Wildman–Crippen MR) is 151 cm³/mol. The summed E-state index contributed by atoms with van der Waals surface area (Å²) in [4.78, 5) is 24.3. The largest absolute Gasteiger partial charge is 0.460 e. The van der Waals surface area contributed by atoms with Crippen LogP contribution in [0, 0.1) is 0 Å². The maximum absolute atomic E-state index is 13.0. The van der Waals surface area contributed by atoms with E-state index in [-0.39, 0.29) is 44.3 Å². The molecule has 3 rings (SSSR count). The number of benzene rings is 3. The Morgan fingerprint density at radius 3 is 1.67 bits per heavy atom. The summed E-state index contributed by atoms with van der Waals surface area (Å²) < 4.78 is 70.9. The summed E-state index contributed by atoms with van der Waals surface area (Å²) in [5, 5.41) is 2.85. The van der Waals surface area contributed by atoms with Gasteiger partial charge in [-0.05, 0) is 42.5 Å². The van der Waals surface area contributed by atoms with E-state index in [1.807, 2.05) is 6.07 Å². The standard InChI is InChI=1S/C31H34F3NO8/c32-31(33,34)25-9-6-10-26(23-25)35-28-12-5-4-11-27(28)30(37)43-22-20-41-18-16-39-14-13-38-15-17-40-19-21-42-29(36)24-7-2-1-3-8-24/h1-12,23,35H,13-22H2. The second-order valence-electron chi connectivity index (χ2n) is 8.84. The molecule has 0 saturated heterocycles. The fourth-order valence-electron chi connectivity index (χ4n) is 3.58. The zero-order valence-electron chi connectivity index (χ0n) is 23.5. The van der Waals surface area contributed by atoms with E-state index in [0.29, 0.717) is 44.3 Å². The normalized spacial score (nSPS) is 11.2. The van der Waals surface area contributed by atoms with Crippen LogP contribution in [0.3, 0.4) is 0 Å². The molecule has 0 spiro atoms. The van der Waals surface area contributed by atoms with Crippen LogP contribution in [-0.2, 0) is 34.6 Å². The minimum atomic E-state index is -4.48.